The van der Waals surface area contributed by atoms with Crippen molar-refractivity contribution in [2.24, 2.45) is 0 Å². The van der Waals surface area contributed by atoms with E-state index in [1.54, 1.807) is 0 Å². The van der Waals surface area contributed by atoms with Crippen LogP contribution in [0, 0.1) is 0 Å². The fraction of sp³-hybridized carbons (Fsp3) is 0.692. The van der Waals surface area contributed by atoms with E-state index in [2.05, 4.69) is 46.2 Å². The van der Waals surface area contributed by atoms with E-state index in [-0.39, 0.29) is 5.54 Å². The van der Waals surface area contributed by atoms with Gasteiger partial charge in [0.1, 0.15) is 11.6 Å². The van der Waals surface area contributed by atoms with Crippen LogP contribution in [-0.4, -0.2) is 55.1 Å². The number of anilines is 3. The van der Waals surface area contributed by atoms with Gasteiger partial charge in [0.05, 0.1) is 0 Å². The molecule has 1 aliphatic rings. The van der Waals surface area contributed by atoms with Crippen molar-refractivity contribution in [1.29, 1.82) is 0 Å². The zero-order chi connectivity index (χ0) is 14.0. The van der Waals surface area contributed by atoms with Crippen molar-refractivity contribution >= 4 is 17.6 Å². The lowest BCUT2D eigenvalue weighted by Crippen LogP contribution is -2.56. The monoisotopic (exact) mass is 264 g/mol. The van der Waals surface area contributed by atoms with Crippen molar-refractivity contribution in [3.8, 4) is 0 Å². The SMILES string of the molecule is CNc1cc(N(C)CC2(N(C)C)CCC2)nc(N)n1. The number of nitrogen functional groups attached to an aromatic ring is 1. The van der Waals surface area contributed by atoms with Crippen molar-refractivity contribution in [3.05, 3.63) is 6.07 Å². The summed E-state index contributed by atoms with van der Waals surface area (Å²) in [7, 11) is 8.20. The van der Waals surface area contributed by atoms with Crippen LogP contribution in [0.3, 0.4) is 0 Å². The molecule has 1 fully saturated rings. The molecule has 0 unspecified atom stereocenters. The molecule has 0 amide bonds. The normalized spacial score (nSPS) is 17.1. The fourth-order valence-electron chi connectivity index (χ4n) is 2.63. The minimum atomic E-state index is 0.272. The van der Waals surface area contributed by atoms with Crippen LogP contribution < -0.4 is 16.0 Å². The molecular formula is C13H24N6. The lowest BCUT2D eigenvalue weighted by molar-refractivity contribution is 0.0682. The summed E-state index contributed by atoms with van der Waals surface area (Å²) in [6.07, 6.45) is 3.78. The van der Waals surface area contributed by atoms with E-state index >= 15 is 0 Å². The second-order valence-electron chi connectivity index (χ2n) is 5.55. The zero-order valence-corrected chi connectivity index (χ0v) is 12.3. The van der Waals surface area contributed by atoms with Gasteiger partial charge < -0.3 is 20.9 Å². The summed E-state index contributed by atoms with van der Waals surface area (Å²) in [6, 6.07) is 1.93. The number of nitrogens with one attached hydrogen (secondary N) is 1. The standard InChI is InChI=1S/C13H24N6/c1-15-10-8-11(17-12(14)16-10)19(4)9-13(18(2)3)6-5-7-13/h8H,5-7,9H2,1-4H3,(H3,14,15,16,17). The number of hydrogen-bond acceptors (Lipinski definition) is 6. The van der Waals surface area contributed by atoms with E-state index in [9.17, 15) is 0 Å². The second-order valence-corrected chi connectivity index (χ2v) is 5.55. The molecule has 0 saturated heterocycles. The Bertz CT molecular complexity index is 441. The summed E-state index contributed by atoms with van der Waals surface area (Å²) in [5.74, 6) is 1.92. The number of rotatable bonds is 5. The van der Waals surface area contributed by atoms with Gasteiger partial charge in [0.2, 0.25) is 5.95 Å². The maximum atomic E-state index is 5.74. The van der Waals surface area contributed by atoms with Gasteiger partial charge in [-0.2, -0.15) is 9.97 Å². The molecule has 0 atom stereocenters. The van der Waals surface area contributed by atoms with Gasteiger partial charge in [-0.25, -0.2) is 0 Å². The summed E-state index contributed by atoms with van der Waals surface area (Å²) >= 11 is 0. The van der Waals surface area contributed by atoms with Gasteiger partial charge in [-0.15, -0.1) is 0 Å². The van der Waals surface area contributed by atoms with Gasteiger partial charge in [0.25, 0.3) is 0 Å². The third-order valence-electron chi connectivity index (χ3n) is 4.14. The Morgan fingerprint density at radius 3 is 2.47 bits per heavy atom. The van der Waals surface area contributed by atoms with Crippen LogP contribution >= 0.6 is 0 Å². The Morgan fingerprint density at radius 2 is 2.00 bits per heavy atom. The first-order valence-corrected chi connectivity index (χ1v) is 6.68. The summed E-state index contributed by atoms with van der Waals surface area (Å²) < 4.78 is 0. The number of nitrogens with two attached hydrogens (primary N) is 1. The summed E-state index contributed by atoms with van der Waals surface area (Å²) in [5, 5.41) is 3.01. The van der Waals surface area contributed by atoms with Crippen LogP contribution in [0.25, 0.3) is 0 Å². The van der Waals surface area contributed by atoms with Gasteiger partial charge in [-0.1, -0.05) is 0 Å². The minimum Gasteiger partial charge on any atom is -0.373 e. The highest BCUT2D eigenvalue weighted by atomic mass is 15.3. The summed E-state index contributed by atoms with van der Waals surface area (Å²) in [6.45, 7) is 0.958. The second kappa shape index (κ2) is 5.21. The third-order valence-corrected chi connectivity index (χ3v) is 4.14. The van der Waals surface area contributed by atoms with Crippen LogP contribution in [0.4, 0.5) is 17.6 Å². The molecule has 0 aromatic carbocycles. The van der Waals surface area contributed by atoms with Gasteiger partial charge in [-0.05, 0) is 33.4 Å². The molecular weight excluding hydrogens is 240 g/mol. The van der Waals surface area contributed by atoms with Crippen LogP contribution in [-0.2, 0) is 0 Å². The van der Waals surface area contributed by atoms with Gasteiger partial charge in [0.15, 0.2) is 0 Å². The molecule has 2 rings (SSSR count). The van der Waals surface area contributed by atoms with Crippen LogP contribution in [0.2, 0.25) is 0 Å². The Kier molecular flexibility index (Phi) is 3.80. The Hall–Kier alpha value is -1.56. The zero-order valence-electron chi connectivity index (χ0n) is 12.3. The predicted octanol–water partition coefficient (Wildman–Crippen LogP) is 1.02. The molecule has 0 radical (unpaired) electrons. The Labute approximate surface area is 115 Å². The first-order chi connectivity index (χ1) is 8.97. The first kappa shape index (κ1) is 13.9. The fourth-order valence-corrected chi connectivity index (χ4v) is 2.63. The third kappa shape index (κ3) is 2.73. The molecule has 1 aromatic rings. The van der Waals surface area contributed by atoms with Gasteiger partial charge >= 0.3 is 0 Å². The summed E-state index contributed by atoms with van der Waals surface area (Å²) in [5.41, 5.74) is 6.02. The Morgan fingerprint density at radius 1 is 1.32 bits per heavy atom. The number of hydrogen-bond donors (Lipinski definition) is 2. The van der Waals surface area contributed by atoms with E-state index < -0.39 is 0 Å². The van der Waals surface area contributed by atoms with E-state index in [1.807, 2.05) is 13.1 Å². The Balaban J connectivity index is 2.15. The average molecular weight is 264 g/mol. The molecule has 106 valence electrons. The molecule has 6 heteroatoms. The number of nitrogens with zero attached hydrogens (tertiary/aromatic N) is 4. The topological polar surface area (TPSA) is 70.3 Å². The lowest BCUT2D eigenvalue weighted by Gasteiger charge is -2.49. The van der Waals surface area contributed by atoms with E-state index in [1.165, 1.54) is 19.3 Å². The average Bonchev–Trinajstić information content (AvgIpc) is 2.32. The maximum Gasteiger partial charge on any atom is 0.223 e. The number of aromatic nitrogens is 2. The number of likely N-dealkylation sites (N-methyl/N-ethyl adjacent to an activating group) is 2. The molecule has 1 aromatic heterocycles. The molecule has 1 heterocycles. The molecule has 19 heavy (non-hydrogen) atoms. The molecule has 0 spiro atoms. The van der Waals surface area contributed by atoms with E-state index in [0.717, 1.165) is 18.2 Å². The molecule has 0 bridgehead atoms. The quantitative estimate of drug-likeness (QED) is 0.827. The molecule has 1 saturated carbocycles. The van der Waals surface area contributed by atoms with Crippen molar-refractivity contribution in [2.75, 3.05) is 50.7 Å². The van der Waals surface area contributed by atoms with Crippen molar-refractivity contribution in [2.45, 2.75) is 24.8 Å². The first-order valence-electron chi connectivity index (χ1n) is 6.68. The van der Waals surface area contributed by atoms with Gasteiger partial charge in [-0.3, -0.25) is 0 Å². The van der Waals surface area contributed by atoms with Crippen molar-refractivity contribution in [1.82, 2.24) is 14.9 Å². The molecule has 3 N–H and O–H groups in total. The highest BCUT2D eigenvalue weighted by Gasteiger charge is 2.40. The largest absolute Gasteiger partial charge is 0.373 e. The maximum absolute atomic E-state index is 5.74. The van der Waals surface area contributed by atoms with Crippen LogP contribution in [0.1, 0.15) is 19.3 Å². The lowest BCUT2D eigenvalue weighted by atomic mass is 9.75. The van der Waals surface area contributed by atoms with E-state index in [4.69, 9.17) is 5.73 Å². The highest BCUT2D eigenvalue weighted by Crippen LogP contribution is 2.37. The predicted molar refractivity (Wildman–Crippen MR) is 79.5 cm³/mol. The van der Waals surface area contributed by atoms with Crippen molar-refractivity contribution < 1.29 is 0 Å². The highest BCUT2D eigenvalue weighted by molar-refractivity contribution is 5.52. The molecule has 0 aliphatic heterocycles. The molecule has 6 nitrogen and oxygen atoms in total. The van der Waals surface area contributed by atoms with Crippen LogP contribution in [0.5, 0.6) is 0 Å². The molecule has 1 aliphatic carbocycles. The smallest absolute Gasteiger partial charge is 0.223 e. The van der Waals surface area contributed by atoms with E-state index in [0.29, 0.717) is 5.95 Å². The van der Waals surface area contributed by atoms with Crippen molar-refractivity contribution in [3.63, 3.8) is 0 Å². The minimum absolute atomic E-state index is 0.272. The van der Waals surface area contributed by atoms with Gasteiger partial charge in [0, 0.05) is 32.2 Å². The summed E-state index contributed by atoms with van der Waals surface area (Å²) in [4.78, 5) is 12.9. The van der Waals surface area contributed by atoms with Crippen LogP contribution in [0.15, 0.2) is 6.07 Å².